The zero-order valence-corrected chi connectivity index (χ0v) is 14.2. The predicted molar refractivity (Wildman–Crippen MR) is 95.3 cm³/mol. The molecule has 6 heteroatoms. The topological polar surface area (TPSA) is 55.9 Å². The van der Waals surface area contributed by atoms with Crippen LogP contribution < -0.4 is 19.7 Å². The van der Waals surface area contributed by atoms with Crippen molar-refractivity contribution in [3.05, 3.63) is 48.3 Å². The highest BCUT2D eigenvalue weighted by atomic mass is 16.6. The van der Waals surface area contributed by atoms with Crippen LogP contribution in [0.25, 0.3) is 0 Å². The van der Waals surface area contributed by atoms with Gasteiger partial charge in [-0.1, -0.05) is 18.2 Å². The average molecular weight is 341 g/mol. The third-order valence-corrected chi connectivity index (χ3v) is 4.42. The summed E-state index contributed by atoms with van der Waals surface area (Å²) in [6.07, 6.45) is 1.91. The van der Waals surface area contributed by atoms with E-state index in [0.29, 0.717) is 19.8 Å². The maximum atomic E-state index is 5.89. The minimum Gasteiger partial charge on any atom is -0.486 e. The van der Waals surface area contributed by atoms with Gasteiger partial charge in [0.1, 0.15) is 13.2 Å². The standard InChI is InChI=1S/C19H23N3O3/c1-2-4-16(5-3-1)22-6-7-23-17(14-22)12-20-11-15-10-18-19(13-21-15)25-9-8-24-18/h1-5,10,13,17,20H,6-9,11-12,14H2. The van der Waals surface area contributed by atoms with Gasteiger partial charge in [-0.25, -0.2) is 0 Å². The molecule has 132 valence electrons. The van der Waals surface area contributed by atoms with Crippen LogP contribution in [0.2, 0.25) is 0 Å². The molecule has 1 saturated heterocycles. The molecular formula is C19H23N3O3. The molecule has 0 spiro atoms. The van der Waals surface area contributed by atoms with Crippen LogP contribution in [0.15, 0.2) is 42.6 Å². The van der Waals surface area contributed by atoms with E-state index in [0.717, 1.165) is 43.4 Å². The van der Waals surface area contributed by atoms with Crippen molar-refractivity contribution in [3.63, 3.8) is 0 Å². The maximum absolute atomic E-state index is 5.89. The van der Waals surface area contributed by atoms with E-state index in [1.54, 1.807) is 6.20 Å². The number of para-hydroxylation sites is 1. The van der Waals surface area contributed by atoms with Crippen molar-refractivity contribution in [2.75, 3.05) is 44.4 Å². The lowest BCUT2D eigenvalue weighted by atomic mass is 10.2. The van der Waals surface area contributed by atoms with Gasteiger partial charge in [-0.3, -0.25) is 4.98 Å². The summed E-state index contributed by atoms with van der Waals surface area (Å²) >= 11 is 0. The maximum Gasteiger partial charge on any atom is 0.179 e. The molecule has 0 saturated carbocycles. The van der Waals surface area contributed by atoms with Gasteiger partial charge in [0.05, 0.1) is 24.6 Å². The Bertz CT molecular complexity index is 696. The van der Waals surface area contributed by atoms with Crippen molar-refractivity contribution in [1.82, 2.24) is 10.3 Å². The second-order valence-electron chi connectivity index (χ2n) is 6.22. The summed E-state index contributed by atoms with van der Waals surface area (Å²) in [6.45, 7) is 5.24. The van der Waals surface area contributed by atoms with E-state index in [2.05, 4.69) is 39.5 Å². The summed E-state index contributed by atoms with van der Waals surface area (Å²) in [7, 11) is 0. The molecule has 1 unspecified atom stereocenters. The van der Waals surface area contributed by atoms with Gasteiger partial charge in [0, 0.05) is 37.9 Å². The van der Waals surface area contributed by atoms with Gasteiger partial charge in [0.25, 0.3) is 0 Å². The number of benzene rings is 1. The summed E-state index contributed by atoms with van der Waals surface area (Å²) in [5, 5.41) is 3.44. The van der Waals surface area contributed by atoms with Crippen LogP contribution in [0, 0.1) is 0 Å². The lowest BCUT2D eigenvalue weighted by Gasteiger charge is -2.34. The van der Waals surface area contributed by atoms with Crippen LogP contribution in [-0.4, -0.2) is 50.5 Å². The monoisotopic (exact) mass is 341 g/mol. The molecule has 1 N–H and O–H groups in total. The lowest BCUT2D eigenvalue weighted by Crippen LogP contribution is -2.46. The number of hydrogen-bond acceptors (Lipinski definition) is 6. The van der Waals surface area contributed by atoms with Crippen LogP contribution in [0.1, 0.15) is 5.69 Å². The van der Waals surface area contributed by atoms with Crippen molar-refractivity contribution in [2.45, 2.75) is 12.6 Å². The molecule has 0 aliphatic carbocycles. The van der Waals surface area contributed by atoms with Crippen molar-refractivity contribution >= 4 is 5.69 Å². The number of hydrogen-bond donors (Lipinski definition) is 1. The second-order valence-corrected chi connectivity index (χ2v) is 6.22. The molecule has 3 heterocycles. The third kappa shape index (κ3) is 4.03. The van der Waals surface area contributed by atoms with Crippen molar-refractivity contribution < 1.29 is 14.2 Å². The van der Waals surface area contributed by atoms with E-state index < -0.39 is 0 Å². The van der Waals surface area contributed by atoms with Gasteiger partial charge in [0.15, 0.2) is 11.5 Å². The number of anilines is 1. The molecule has 1 atom stereocenters. The molecule has 2 aromatic rings. The first-order valence-electron chi connectivity index (χ1n) is 8.75. The Morgan fingerprint density at radius 1 is 1.08 bits per heavy atom. The number of ether oxygens (including phenoxy) is 3. The molecule has 1 aromatic carbocycles. The SMILES string of the molecule is c1ccc(N2CCOC(CNCc3cc4c(cn3)OCCO4)C2)cc1. The number of aromatic nitrogens is 1. The first kappa shape index (κ1) is 16.2. The molecule has 6 nitrogen and oxygen atoms in total. The minimum absolute atomic E-state index is 0.172. The van der Waals surface area contributed by atoms with E-state index in [4.69, 9.17) is 14.2 Å². The van der Waals surface area contributed by atoms with Gasteiger partial charge in [0.2, 0.25) is 0 Å². The Balaban J connectivity index is 1.28. The van der Waals surface area contributed by atoms with Crippen molar-refractivity contribution in [2.24, 2.45) is 0 Å². The van der Waals surface area contributed by atoms with E-state index in [1.165, 1.54) is 5.69 Å². The smallest absolute Gasteiger partial charge is 0.179 e. The molecule has 0 radical (unpaired) electrons. The van der Waals surface area contributed by atoms with Crippen LogP contribution in [0.3, 0.4) is 0 Å². The van der Waals surface area contributed by atoms with E-state index in [-0.39, 0.29) is 6.10 Å². The Kier molecular flexibility index (Phi) is 4.99. The highest BCUT2D eigenvalue weighted by Crippen LogP contribution is 2.29. The number of pyridine rings is 1. The molecule has 25 heavy (non-hydrogen) atoms. The lowest BCUT2D eigenvalue weighted by molar-refractivity contribution is 0.0407. The quantitative estimate of drug-likeness (QED) is 0.896. The summed E-state index contributed by atoms with van der Waals surface area (Å²) < 4.78 is 17.0. The number of rotatable bonds is 5. The van der Waals surface area contributed by atoms with Gasteiger partial charge in [-0.15, -0.1) is 0 Å². The number of fused-ring (bicyclic) bond motifs is 1. The summed E-state index contributed by atoms with van der Waals surface area (Å²) in [5.74, 6) is 1.51. The van der Waals surface area contributed by atoms with Crippen LogP contribution in [0.4, 0.5) is 5.69 Å². The molecule has 1 aromatic heterocycles. The number of nitrogens with zero attached hydrogens (tertiary/aromatic N) is 2. The molecule has 0 bridgehead atoms. The molecule has 2 aliphatic rings. The van der Waals surface area contributed by atoms with Gasteiger partial charge in [-0.05, 0) is 12.1 Å². The first-order chi connectivity index (χ1) is 12.4. The fourth-order valence-electron chi connectivity index (χ4n) is 3.16. The fourth-order valence-corrected chi connectivity index (χ4v) is 3.16. The Morgan fingerprint density at radius 3 is 2.80 bits per heavy atom. The largest absolute Gasteiger partial charge is 0.486 e. The number of nitrogens with one attached hydrogen (secondary N) is 1. The Morgan fingerprint density at radius 2 is 1.92 bits per heavy atom. The molecule has 1 fully saturated rings. The van der Waals surface area contributed by atoms with Crippen LogP contribution in [-0.2, 0) is 11.3 Å². The van der Waals surface area contributed by atoms with Crippen LogP contribution in [0.5, 0.6) is 11.5 Å². The Labute approximate surface area is 147 Å². The molecule has 0 amide bonds. The van der Waals surface area contributed by atoms with Crippen molar-refractivity contribution in [3.8, 4) is 11.5 Å². The summed E-state index contributed by atoms with van der Waals surface area (Å²) in [6, 6.07) is 12.4. The predicted octanol–water partition coefficient (Wildman–Crippen LogP) is 1.85. The third-order valence-electron chi connectivity index (χ3n) is 4.42. The second kappa shape index (κ2) is 7.72. The normalized spacial score (nSPS) is 19.7. The van der Waals surface area contributed by atoms with E-state index in [9.17, 15) is 0 Å². The van der Waals surface area contributed by atoms with Gasteiger partial charge < -0.3 is 24.4 Å². The fraction of sp³-hybridized carbons (Fsp3) is 0.421. The van der Waals surface area contributed by atoms with E-state index in [1.807, 2.05) is 12.1 Å². The molecule has 2 aliphatic heterocycles. The summed E-state index contributed by atoms with van der Waals surface area (Å²) in [4.78, 5) is 6.79. The first-order valence-corrected chi connectivity index (χ1v) is 8.75. The molecule has 4 rings (SSSR count). The zero-order valence-electron chi connectivity index (χ0n) is 14.2. The minimum atomic E-state index is 0.172. The van der Waals surface area contributed by atoms with E-state index >= 15 is 0 Å². The van der Waals surface area contributed by atoms with Crippen LogP contribution >= 0.6 is 0 Å². The van der Waals surface area contributed by atoms with Gasteiger partial charge in [-0.2, -0.15) is 0 Å². The van der Waals surface area contributed by atoms with Gasteiger partial charge >= 0.3 is 0 Å². The van der Waals surface area contributed by atoms with Crippen molar-refractivity contribution in [1.29, 1.82) is 0 Å². The average Bonchev–Trinajstić information content (AvgIpc) is 2.69. The number of morpholine rings is 1. The Hall–Kier alpha value is -2.31. The summed E-state index contributed by atoms with van der Waals surface area (Å²) in [5.41, 5.74) is 2.20. The highest BCUT2D eigenvalue weighted by Gasteiger charge is 2.20. The zero-order chi connectivity index (χ0) is 16.9. The molecular weight excluding hydrogens is 318 g/mol. The highest BCUT2D eigenvalue weighted by molar-refractivity contribution is 5.46.